The summed E-state index contributed by atoms with van der Waals surface area (Å²) in [6.45, 7) is 3.33. The molecule has 1 N–H and O–H groups in total. The number of carbonyl (C=O) groups is 1. The molecule has 4 rings (SSSR count). The van der Waals surface area contributed by atoms with Gasteiger partial charge in [0, 0.05) is 17.6 Å². The summed E-state index contributed by atoms with van der Waals surface area (Å²) in [7, 11) is 0. The second-order valence-corrected chi connectivity index (χ2v) is 7.27. The van der Waals surface area contributed by atoms with Crippen molar-refractivity contribution in [3.63, 3.8) is 0 Å². The molecule has 2 aromatic rings. The summed E-state index contributed by atoms with van der Waals surface area (Å²) in [5.74, 6) is -0.0309. The lowest BCUT2D eigenvalue weighted by molar-refractivity contribution is 0.0728. The highest BCUT2D eigenvalue weighted by atomic mass is 79.9. The third-order valence-corrected chi connectivity index (χ3v) is 5.66. The van der Waals surface area contributed by atoms with Gasteiger partial charge in [0.1, 0.15) is 0 Å². The molecule has 1 amide bonds. The Hall–Kier alpha value is -1.44. The van der Waals surface area contributed by atoms with E-state index in [-0.39, 0.29) is 18.3 Å². The van der Waals surface area contributed by atoms with Crippen LogP contribution in [0.5, 0.6) is 0 Å². The van der Waals surface area contributed by atoms with Crippen molar-refractivity contribution in [1.82, 2.24) is 25.2 Å². The molecule has 25 heavy (non-hydrogen) atoms. The molecule has 0 unspecified atom stereocenters. The van der Waals surface area contributed by atoms with Crippen LogP contribution in [0.25, 0.3) is 0 Å². The van der Waals surface area contributed by atoms with E-state index in [1.54, 1.807) is 0 Å². The molecule has 1 aromatic carbocycles. The molecule has 1 fully saturated rings. The Kier molecular flexibility index (Phi) is 5.76. The monoisotopic (exact) mass is 425 g/mol. The van der Waals surface area contributed by atoms with Gasteiger partial charge < -0.3 is 10.2 Å². The quantitative estimate of drug-likeness (QED) is 0.802. The number of nitrogens with zero attached hydrogens (tertiary/aromatic N) is 4. The highest BCUT2D eigenvalue weighted by Gasteiger charge is 2.26. The minimum atomic E-state index is -0.0309. The normalized spacial score (nSPS) is 17.7. The molecule has 1 saturated heterocycles. The van der Waals surface area contributed by atoms with Crippen LogP contribution in [-0.2, 0) is 13.0 Å². The minimum Gasteiger partial charge on any atom is -0.332 e. The number of aromatic nitrogens is 3. The van der Waals surface area contributed by atoms with Crippen LogP contribution in [0.2, 0.25) is 0 Å². The Morgan fingerprint density at radius 3 is 2.88 bits per heavy atom. The molecule has 3 heterocycles. The van der Waals surface area contributed by atoms with Crippen LogP contribution >= 0.6 is 28.3 Å². The smallest absolute Gasteiger partial charge is 0.276 e. The zero-order chi connectivity index (χ0) is 16.5. The van der Waals surface area contributed by atoms with Crippen molar-refractivity contribution in [2.24, 2.45) is 0 Å². The van der Waals surface area contributed by atoms with Crippen molar-refractivity contribution in [1.29, 1.82) is 0 Å². The molecule has 0 saturated carbocycles. The van der Waals surface area contributed by atoms with E-state index in [9.17, 15) is 4.79 Å². The molecule has 0 radical (unpaired) electrons. The van der Waals surface area contributed by atoms with E-state index in [2.05, 4.69) is 37.6 Å². The number of hydrogen-bond acceptors (Lipinski definition) is 4. The van der Waals surface area contributed by atoms with Gasteiger partial charge in [0.15, 0.2) is 5.69 Å². The molecular weight excluding hydrogens is 406 g/mol. The van der Waals surface area contributed by atoms with Gasteiger partial charge in [-0.3, -0.25) is 4.79 Å². The molecule has 0 atom stereocenters. The summed E-state index contributed by atoms with van der Waals surface area (Å²) in [4.78, 5) is 14.7. The summed E-state index contributed by atoms with van der Waals surface area (Å²) in [6, 6.07) is 6.55. The van der Waals surface area contributed by atoms with E-state index in [1.807, 2.05) is 27.9 Å². The van der Waals surface area contributed by atoms with E-state index >= 15 is 0 Å². The van der Waals surface area contributed by atoms with E-state index < -0.39 is 0 Å². The highest BCUT2D eigenvalue weighted by molar-refractivity contribution is 9.10. The van der Waals surface area contributed by atoms with Gasteiger partial charge in [-0.1, -0.05) is 33.3 Å². The molecule has 8 heteroatoms. The lowest BCUT2D eigenvalue weighted by Gasteiger charge is -2.29. The van der Waals surface area contributed by atoms with Gasteiger partial charge >= 0.3 is 0 Å². The maximum absolute atomic E-state index is 12.8. The number of amides is 1. The topological polar surface area (TPSA) is 63.1 Å². The van der Waals surface area contributed by atoms with Gasteiger partial charge in [0.05, 0.1) is 12.2 Å². The lowest BCUT2D eigenvalue weighted by Crippen LogP contribution is -2.36. The van der Waals surface area contributed by atoms with E-state index in [1.165, 1.54) is 11.1 Å². The number of nitrogens with one attached hydrogen (secondary N) is 1. The molecule has 0 aliphatic carbocycles. The third kappa shape index (κ3) is 3.73. The van der Waals surface area contributed by atoms with Crippen molar-refractivity contribution >= 4 is 34.2 Å². The molecule has 2 aliphatic heterocycles. The van der Waals surface area contributed by atoms with Gasteiger partial charge in [-0.2, -0.15) is 0 Å². The van der Waals surface area contributed by atoms with E-state index in [0.717, 1.165) is 43.4 Å². The van der Waals surface area contributed by atoms with E-state index in [4.69, 9.17) is 0 Å². The molecule has 1 aromatic heterocycles. The fraction of sp³-hybridized carbons (Fsp3) is 0.471. The number of piperidine rings is 1. The van der Waals surface area contributed by atoms with Crippen molar-refractivity contribution in [3.05, 3.63) is 45.7 Å². The first-order chi connectivity index (χ1) is 11.7. The van der Waals surface area contributed by atoms with E-state index in [0.29, 0.717) is 18.3 Å². The highest BCUT2D eigenvalue weighted by Crippen LogP contribution is 2.27. The fourth-order valence-corrected chi connectivity index (χ4v) is 4.03. The first-order valence-electron chi connectivity index (χ1n) is 8.40. The zero-order valence-electron chi connectivity index (χ0n) is 13.8. The minimum absolute atomic E-state index is 0. The zero-order valence-corrected chi connectivity index (χ0v) is 16.2. The van der Waals surface area contributed by atoms with Crippen LogP contribution in [0.1, 0.15) is 40.5 Å². The van der Waals surface area contributed by atoms with Gasteiger partial charge in [-0.25, -0.2) is 4.68 Å². The first kappa shape index (κ1) is 18.4. The maximum atomic E-state index is 12.8. The fourth-order valence-electron chi connectivity index (χ4n) is 3.50. The molecule has 134 valence electrons. The Labute approximate surface area is 161 Å². The van der Waals surface area contributed by atoms with Crippen molar-refractivity contribution < 1.29 is 4.79 Å². The molecule has 0 bridgehead atoms. The molecule has 0 spiro atoms. The van der Waals surface area contributed by atoms with Crippen LogP contribution in [-0.4, -0.2) is 45.4 Å². The van der Waals surface area contributed by atoms with Crippen LogP contribution in [0.4, 0.5) is 0 Å². The van der Waals surface area contributed by atoms with Gasteiger partial charge in [0.25, 0.3) is 5.91 Å². The lowest BCUT2D eigenvalue weighted by atomic mass is 10.00. The summed E-state index contributed by atoms with van der Waals surface area (Å²) in [5, 5.41) is 11.7. The molecule has 2 aliphatic rings. The maximum Gasteiger partial charge on any atom is 0.276 e. The van der Waals surface area contributed by atoms with Crippen LogP contribution in [0, 0.1) is 0 Å². The number of hydrogen-bond donors (Lipinski definition) is 1. The average Bonchev–Trinajstić information content (AvgIpc) is 3.12. The Balaban J connectivity index is 0.00000182. The number of benzene rings is 1. The predicted molar refractivity (Wildman–Crippen MR) is 101 cm³/mol. The van der Waals surface area contributed by atoms with Gasteiger partial charge in [-0.05, 0) is 49.5 Å². The second kappa shape index (κ2) is 7.85. The molecule has 6 nitrogen and oxygen atoms in total. The SMILES string of the molecule is Cl.O=C(c1cn(C2CCNCC2)nn1)N1CCc2cccc(Br)c2C1. The largest absolute Gasteiger partial charge is 0.332 e. The third-order valence-electron chi connectivity index (χ3n) is 4.92. The molecular formula is C17H21BrClN5O. The van der Waals surface area contributed by atoms with Crippen LogP contribution in [0.15, 0.2) is 28.9 Å². The average molecular weight is 427 g/mol. The Morgan fingerprint density at radius 2 is 2.08 bits per heavy atom. The summed E-state index contributed by atoms with van der Waals surface area (Å²) < 4.78 is 2.93. The predicted octanol–water partition coefficient (Wildman–Crippen LogP) is 2.59. The summed E-state index contributed by atoms with van der Waals surface area (Å²) >= 11 is 3.60. The van der Waals surface area contributed by atoms with Crippen LogP contribution in [0.3, 0.4) is 0 Å². The second-order valence-electron chi connectivity index (χ2n) is 6.42. The van der Waals surface area contributed by atoms with Gasteiger partial charge in [0.2, 0.25) is 0 Å². The number of fused-ring (bicyclic) bond motifs is 1. The van der Waals surface area contributed by atoms with Crippen LogP contribution < -0.4 is 5.32 Å². The standard InChI is InChI=1S/C17H20BrN5O.ClH/c18-15-3-1-2-12-6-9-22(10-14(12)15)17(24)16-11-23(21-20-16)13-4-7-19-8-5-13;/h1-3,11,13,19H,4-10H2;1H. The van der Waals surface area contributed by atoms with Gasteiger partial charge in [-0.15, -0.1) is 17.5 Å². The van der Waals surface area contributed by atoms with Crippen molar-refractivity contribution in [2.45, 2.75) is 31.8 Å². The number of rotatable bonds is 2. The first-order valence-corrected chi connectivity index (χ1v) is 9.20. The number of halogens is 2. The Bertz CT molecular complexity index is 759. The summed E-state index contributed by atoms with van der Waals surface area (Å²) in [6.07, 6.45) is 4.75. The van der Waals surface area contributed by atoms with Crippen molar-refractivity contribution in [2.75, 3.05) is 19.6 Å². The summed E-state index contributed by atoms with van der Waals surface area (Å²) in [5.41, 5.74) is 2.96. The Morgan fingerprint density at radius 1 is 1.28 bits per heavy atom. The number of carbonyl (C=O) groups excluding carboxylic acids is 1. The van der Waals surface area contributed by atoms with Crippen molar-refractivity contribution in [3.8, 4) is 0 Å².